The van der Waals surface area contributed by atoms with E-state index in [9.17, 15) is 9.18 Å². The SMILES string of the molecule is O=C(O)c1ccc2c(F)cccc2c1. The Hall–Kier alpha value is -1.90. The van der Waals surface area contributed by atoms with Crippen molar-refractivity contribution in [2.45, 2.75) is 0 Å². The lowest BCUT2D eigenvalue weighted by Gasteiger charge is -2.00. The lowest BCUT2D eigenvalue weighted by Crippen LogP contribution is -1.95. The molecule has 0 saturated carbocycles. The summed E-state index contributed by atoms with van der Waals surface area (Å²) in [5.41, 5.74) is 0.170. The highest BCUT2D eigenvalue weighted by molar-refractivity contribution is 5.94. The molecule has 0 heterocycles. The maximum atomic E-state index is 13.2. The molecule has 0 fully saturated rings. The molecule has 0 spiro atoms. The lowest BCUT2D eigenvalue weighted by molar-refractivity contribution is 0.0697. The topological polar surface area (TPSA) is 37.3 Å². The first-order valence-electron chi connectivity index (χ1n) is 4.10. The van der Waals surface area contributed by atoms with Crippen molar-refractivity contribution < 1.29 is 14.3 Å². The maximum absolute atomic E-state index is 13.2. The van der Waals surface area contributed by atoms with Gasteiger partial charge in [0.25, 0.3) is 0 Å². The quantitative estimate of drug-likeness (QED) is 0.750. The fourth-order valence-electron chi connectivity index (χ4n) is 1.38. The van der Waals surface area contributed by atoms with Crippen LogP contribution in [0.25, 0.3) is 10.8 Å². The fraction of sp³-hybridized carbons (Fsp3) is 0. The van der Waals surface area contributed by atoms with Gasteiger partial charge < -0.3 is 5.11 Å². The van der Waals surface area contributed by atoms with E-state index in [1.54, 1.807) is 12.1 Å². The van der Waals surface area contributed by atoms with Crippen LogP contribution >= 0.6 is 0 Å². The minimum Gasteiger partial charge on any atom is -0.478 e. The molecule has 0 aromatic heterocycles. The van der Waals surface area contributed by atoms with E-state index in [-0.39, 0.29) is 11.4 Å². The van der Waals surface area contributed by atoms with Crippen LogP contribution in [0.15, 0.2) is 36.4 Å². The third kappa shape index (κ3) is 1.33. The summed E-state index contributed by atoms with van der Waals surface area (Å²) < 4.78 is 13.2. The van der Waals surface area contributed by atoms with Crippen LogP contribution in [0.5, 0.6) is 0 Å². The van der Waals surface area contributed by atoms with Crippen LogP contribution in [-0.2, 0) is 0 Å². The minimum absolute atomic E-state index is 0.170. The number of aromatic carboxylic acids is 1. The second kappa shape index (κ2) is 3.10. The van der Waals surface area contributed by atoms with Gasteiger partial charge in [-0.25, -0.2) is 9.18 Å². The fourth-order valence-corrected chi connectivity index (χ4v) is 1.38. The van der Waals surface area contributed by atoms with Crippen molar-refractivity contribution >= 4 is 16.7 Å². The summed E-state index contributed by atoms with van der Waals surface area (Å²) in [7, 11) is 0. The van der Waals surface area contributed by atoms with Crippen molar-refractivity contribution in [2.75, 3.05) is 0 Å². The van der Waals surface area contributed by atoms with Gasteiger partial charge in [0.1, 0.15) is 5.82 Å². The average molecular weight is 190 g/mol. The van der Waals surface area contributed by atoms with Gasteiger partial charge in [0.05, 0.1) is 5.56 Å². The first-order chi connectivity index (χ1) is 6.68. The Morgan fingerprint density at radius 2 is 2.00 bits per heavy atom. The third-order valence-corrected chi connectivity index (χ3v) is 2.07. The Kier molecular flexibility index (Phi) is 1.93. The molecule has 2 aromatic carbocycles. The van der Waals surface area contributed by atoms with E-state index in [1.165, 1.54) is 24.3 Å². The van der Waals surface area contributed by atoms with E-state index in [2.05, 4.69) is 0 Å². The molecule has 3 heteroatoms. The molecule has 0 atom stereocenters. The lowest BCUT2D eigenvalue weighted by atomic mass is 10.1. The standard InChI is InChI=1S/C11H7FO2/c12-10-3-1-2-7-6-8(11(13)14)4-5-9(7)10/h1-6H,(H,13,14). The van der Waals surface area contributed by atoms with Gasteiger partial charge in [-0.3, -0.25) is 0 Å². The number of carboxylic acid groups (broad SMARTS) is 1. The molecule has 2 aromatic rings. The zero-order valence-electron chi connectivity index (χ0n) is 7.20. The number of halogens is 1. The number of hydrogen-bond acceptors (Lipinski definition) is 1. The van der Waals surface area contributed by atoms with Crippen LogP contribution in [0.4, 0.5) is 4.39 Å². The van der Waals surface area contributed by atoms with Gasteiger partial charge >= 0.3 is 5.97 Å². The predicted molar refractivity (Wildman–Crippen MR) is 50.9 cm³/mol. The smallest absolute Gasteiger partial charge is 0.335 e. The summed E-state index contributed by atoms with van der Waals surface area (Å²) >= 11 is 0. The molecule has 0 aliphatic carbocycles. The highest BCUT2D eigenvalue weighted by Crippen LogP contribution is 2.18. The summed E-state index contributed by atoms with van der Waals surface area (Å²) in [5.74, 6) is -1.34. The van der Waals surface area contributed by atoms with E-state index < -0.39 is 5.97 Å². The molecule has 0 unspecified atom stereocenters. The van der Waals surface area contributed by atoms with Crippen LogP contribution in [0.3, 0.4) is 0 Å². The zero-order valence-corrected chi connectivity index (χ0v) is 7.20. The Morgan fingerprint density at radius 3 is 2.71 bits per heavy atom. The molecule has 0 aliphatic heterocycles. The largest absolute Gasteiger partial charge is 0.478 e. The van der Waals surface area contributed by atoms with E-state index >= 15 is 0 Å². The number of rotatable bonds is 1. The second-order valence-electron chi connectivity index (χ2n) is 2.98. The van der Waals surface area contributed by atoms with Gasteiger partial charge in [0, 0.05) is 5.39 Å². The molecule has 0 amide bonds. The Balaban J connectivity index is 2.73. The van der Waals surface area contributed by atoms with E-state index in [0.29, 0.717) is 10.8 Å². The zero-order chi connectivity index (χ0) is 10.1. The number of hydrogen-bond donors (Lipinski definition) is 1. The minimum atomic E-state index is -1.00. The molecule has 14 heavy (non-hydrogen) atoms. The van der Waals surface area contributed by atoms with E-state index in [4.69, 9.17) is 5.11 Å². The normalized spacial score (nSPS) is 10.4. The van der Waals surface area contributed by atoms with Crippen molar-refractivity contribution in [2.24, 2.45) is 0 Å². The monoisotopic (exact) mass is 190 g/mol. The molecule has 0 aliphatic rings. The average Bonchev–Trinajstić information content (AvgIpc) is 2.17. The van der Waals surface area contributed by atoms with Crippen molar-refractivity contribution in [3.05, 3.63) is 47.8 Å². The molecule has 0 radical (unpaired) electrons. The van der Waals surface area contributed by atoms with Crippen LogP contribution in [0.1, 0.15) is 10.4 Å². The first kappa shape index (κ1) is 8.69. The van der Waals surface area contributed by atoms with Crippen LogP contribution < -0.4 is 0 Å². The van der Waals surface area contributed by atoms with Gasteiger partial charge in [0.2, 0.25) is 0 Å². The molecule has 0 bridgehead atoms. The predicted octanol–water partition coefficient (Wildman–Crippen LogP) is 2.68. The van der Waals surface area contributed by atoms with Crippen molar-refractivity contribution in [1.82, 2.24) is 0 Å². The van der Waals surface area contributed by atoms with Crippen LogP contribution in [-0.4, -0.2) is 11.1 Å². The second-order valence-corrected chi connectivity index (χ2v) is 2.98. The van der Waals surface area contributed by atoms with Gasteiger partial charge in [-0.05, 0) is 23.6 Å². The van der Waals surface area contributed by atoms with E-state index in [0.717, 1.165) is 0 Å². The summed E-state index contributed by atoms with van der Waals surface area (Å²) in [4.78, 5) is 10.6. The molecule has 1 N–H and O–H groups in total. The summed E-state index contributed by atoms with van der Waals surface area (Å²) in [6.45, 7) is 0. The van der Waals surface area contributed by atoms with E-state index in [1.807, 2.05) is 0 Å². The van der Waals surface area contributed by atoms with Crippen LogP contribution in [0.2, 0.25) is 0 Å². The highest BCUT2D eigenvalue weighted by atomic mass is 19.1. The molecule has 70 valence electrons. The molecular weight excluding hydrogens is 183 g/mol. The van der Waals surface area contributed by atoms with Crippen molar-refractivity contribution in [1.29, 1.82) is 0 Å². The molecule has 0 saturated heterocycles. The van der Waals surface area contributed by atoms with Gasteiger partial charge in [0.15, 0.2) is 0 Å². The Bertz CT molecular complexity index is 506. The third-order valence-electron chi connectivity index (χ3n) is 2.07. The molecule has 2 nitrogen and oxygen atoms in total. The molecule has 2 rings (SSSR count). The maximum Gasteiger partial charge on any atom is 0.335 e. The number of carbonyl (C=O) groups is 1. The van der Waals surface area contributed by atoms with Crippen molar-refractivity contribution in [3.8, 4) is 0 Å². The highest BCUT2D eigenvalue weighted by Gasteiger charge is 2.05. The van der Waals surface area contributed by atoms with Gasteiger partial charge in [-0.2, -0.15) is 0 Å². The Labute approximate surface area is 79.6 Å². The van der Waals surface area contributed by atoms with Crippen LogP contribution in [0, 0.1) is 5.82 Å². The summed E-state index contributed by atoms with van der Waals surface area (Å²) in [6.07, 6.45) is 0. The van der Waals surface area contributed by atoms with Gasteiger partial charge in [-0.15, -0.1) is 0 Å². The van der Waals surface area contributed by atoms with Gasteiger partial charge in [-0.1, -0.05) is 18.2 Å². The van der Waals surface area contributed by atoms with Crippen molar-refractivity contribution in [3.63, 3.8) is 0 Å². The summed E-state index contributed by atoms with van der Waals surface area (Å²) in [6, 6.07) is 8.93. The first-order valence-corrected chi connectivity index (χ1v) is 4.10. The molecular formula is C11H7FO2. The number of benzene rings is 2. The Morgan fingerprint density at radius 1 is 1.21 bits per heavy atom. The summed E-state index contributed by atoms with van der Waals surface area (Å²) in [5, 5.41) is 9.76. The number of fused-ring (bicyclic) bond motifs is 1. The number of carboxylic acids is 1.